The summed E-state index contributed by atoms with van der Waals surface area (Å²) in [4.78, 5) is 12.5. The van der Waals surface area contributed by atoms with E-state index in [-0.39, 0.29) is 23.2 Å². The van der Waals surface area contributed by atoms with Crippen molar-refractivity contribution in [2.24, 2.45) is 5.92 Å². The van der Waals surface area contributed by atoms with E-state index < -0.39 is 12.1 Å². The Hall–Kier alpha value is 0.150. The highest BCUT2D eigenvalue weighted by atomic mass is 127. The lowest BCUT2D eigenvalue weighted by atomic mass is 9.96. The largest absolute Gasteiger partial charge is 0.391 e. The predicted molar refractivity (Wildman–Crippen MR) is 54.2 cm³/mol. The molecular weight excluding hydrogens is 310 g/mol. The van der Waals surface area contributed by atoms with Crippen molar-refractivity contribution in [3.8, 4) is 0 Å². The highest BCUT2D eigenvalue weighted by Crippen LogP contribution is 2.33. The second kappa shape index (κ2) is 4.78. The molecule has 1 heterocycles. The van der Waals surface area contributed by atoms with Crippen LogP contribution >= 0.6 is 22.6 Å². The number of rotatable bonds is 2. The second-order valence-corrected chi connectivity index (χ2v) is 4.65. The standard InChI is InChI=1S/C8H11F3INO/c9-8(10,11)6-1-3-13(4-2-6)5-7(12)14/h6H,1-5H2. The van der Waals surface area contributed by atoms with Gasteiger partial charge < -0.3 is 0 Å². The van der Waals surface area contributed by atoms with E-state index in [2.05, 4.69) is 0 Å². The Morgan fingerprint density at radius 1 is 1.36 bits per heavy atom. The quantitative estimate of drug-likeness (QED) is 0.574. The van der Waals surface area contributed by atoms with E-state index in [0.29, 0.717) is 13.1 Å². The summed E-state index contributed by atoms with van der Waals surface area (Å²) >= 11 is 1.66. The first-order valence-corrected chi connectivity index (χ1v) is 5.45. The third-order valence-electron chi connectivity index (χ3n) is 2.40. The van der Waals surface area contributed by atoms with Gasteiger partial charge in [-0.15, -0.1) is 0 Å². The van der Waals surface area contributed by atoms with E-state index in [9.17, 15) is 18.0 Å². The van der Waals surface area contributed by atoms with Crippen LogP contribution in [0.4, 0.5) is 13.2 Å². The molecule has 0 aromatic heterocycles. The summed E-state index contributed by atoms with van der Waals surface area (Å²) in [5.41, 5.74) is 0. The van der Waals surface area contributed by atoms with Crippen molar-refractivity contribution in [3.63, 3.8) is 0 Å². The second-order valence-electron chi connectivity index (χ2n) is 3.45. The van der Waals surface area contributed by atoms with E-state index in [1.807, 2.05) is 0 Å². The summed E-state index contributed by atoms with van der Waals surface area (Å²) in [7, 11) is 0. The van der Waals surface area contributed by atoms with Crippen LogP contribution < -0.4 is 0 Å². The summed E-state index contributed by atoms with van der Waals surface area (Å²) in [5, 5.41) is 0. The van der Waals surface area contributed by atoms with Crippen molar-refractivity contribution in [3.05, 3.63) is 0 Å². The zero-order chi connectivity index (χ0) is 10.8. The Bertz CT molecular complexity index is 211. The summed E-state index contributed by atoms with van der Waals surface area (Å²) in [5.74, 6) is -1.18. The van der Waals surface area contributed by atoms with Gasteiger partial charge in [-0.3, -0.25) is 9.69 Å². The number of hydrogen-bond donors (Lipinski definition) is 0. The van der Waals surface area contributed by atoms with Crippen LogP contribution in [-0.2, 0) is 4.79 Å². The van der Waals surface area contributed by atoms with E-state index in [1.54, 1.807) is 27.5 Å². The van der Waals surface area contributed by atoms with Crippen LogP contribution in [0.1, 0.15) is 12.8 Å². The van der Waals surface area contributed by atoms with Crippen LogP contribution in [0.25, 0.3) is 0 Å². The molecule has 1 aliphatic heterocycles. The maximum atomic E-state index is 12.2. The lowest BCUT2D eigenvalue weighted by Crippen LogP contribution is -2.40. The number of carbonyl (C=O) groups excluding carboxylic acids is 1. The Morgan fingerprint density at radius 2 is 1.86 bits per heavy atom. The average Bonchev–Trinajstić information content (AvgIpc) is 2.02. The molecule has 0 N–H and O–H groups in total. The minimum absolute atomic E-state index is 0.0203. The number of alkyl halides is 3. The normalized spacial score (nSPS) is 21.1. The molecular formula is C8H11F3INO. The van der Waals surface area contributed by atoms with E-state index in [0.717, 1.165) is 0 Å². The topological polar surface area (TPSA) is 20.3 Å². The summed E-state index contributed by atoms with van der Waals surface area (Å²) in [6.45, 7) is 1.02. The number of hydrogen-bond acceptors (Lipinski definition) is 2. The number of nitrogens with zero attached hydrogens (tertiary/aromatic N) is 1. The first-order chi connectivity index (χ1) is 6.39. The fourth-order valence-corrected chi connectivity index (χ4v) is 2.08. The van der Waals surface area contributed by atoms with Crippen LogP contribution in [0, 0.1) is 5.92 Å². The molecule has 14 heavy (non-hydrogen) atoms. The van der Waals surface area contributed by atoms with Crippen LogP contribution in [0.15, 0.2) is 0 Å². The first-order valence-electron chi connectivity index (χ1n) is 4.37. The van der Waals surface area contributed by atoms with Gasteiger partial charge in [0.15, 0.2) is 0 Å². The predicted octanol–water partition coefficient (Wildman–Crippen LogP) is 2.22. The molecule has 1 aliphatic rings. The Kier molecular flexibility index (Phi) is 4.17. The number of piperidine rings is 1. The van der Waals surface area contributed by atoms with Crippen molar-refractivity contribution < 1.29 is 18.0 Å². The molecule has 2 nitrogen and oxygen atoms in total. The molecule has 0 aromatic rings. The van der Waals surface area contributed by atoms with Crippen molar-refractivity contribution in [2.45, 2.75) is 19.0 Å². The summed E-state index contributed by atoms with van der Waals surface area (Å²) in [6, 6.07) is 0. The van der Waals surface area contributed by atoms with Gasteiger partial charge in [-0.05, 0) is 25.9 Å². The molecule has 82 valence electrons. The summed E-state index contributed by atoms with van der Waals surface area (Å²) in [6.07, 6.45) is -3.83. The lowest BCUT2D eigenvalue weighted by molar-refractivity contribution is -0.184. The van der Waals surface area contributed by atoms with Gasteiger partial charge in [-0.25, -0.2) is 0 Å². The smallest absolute Gasteiger partial charge is 0.295 e. The van der Waals surface area contributed by atoms with Crippen LogP contribution in [0.3, 0.4) is 0 Å². The van der Waals surface area contributed by atoms with E-state index >= 15 is 0 Å². The third kappa shape index (κ3) is 3.72. The molecule has 0 unspecified atom stereocenters. The molecule has 0 bridgehead atoms. The molecule has 0 saturated carbocycles. The number of halogens is 4. The molecule has 6 heteroatoms. The van der Waals surface area contributed by atoms with Crippen molar-refractivity contribution in [1.29, 1.82) is 0 Å². The van der Waals surface area contributed by atoms with Gasteiger partial charge in [0.2, 0.25) is 3.79 Å². The first kappa shape index (κ1) is 12.2. The highest BCUT2D eigenvalue weighted by molar-refractivity contribution is 14.1. The maximum Gasteiger partial charge on any atom is 0.391 e. The molecule has 0 amide bonds. The zero-order valence-corrected chi connectivity index (χ0v) is 9.64. The van der Waals surface area contributed by atoms with Gasteiger partial charge >= 0.3 is 6.18 Å². The van der Waals surface area contributed by atoms with Crippen molar-refractivity contribution >= 4 is 26.4 Å². The van der Waals surface area contributed by atoms with Crippen LogP contribution in [0.5, 0.6) is 0 Å². The van der Waals surface area contributed by atoms with E-state index in [1.165, 1.54) is 0 Å². The van der Waals surface area contributed by atoms with Gasteiger partial charge in [0.1, 0.15) is 0 Å². The average molecular weight is 321 g/mol. The number of carbonyl (C=O) groups is 1. The van der Waals surface area contributed by atoms with Crippen molar-refractivity contribution in [1.82, 2.24) is 4.90 Å². The molecule has 0 aliphatic carbocycles. The van der Waals surface area contributed by atoms with Crippen LogP contribution in [-0.4, -0.2) is 34.5 Å². The van der Waals surface area contributed by atoms with Crippen LogP contribution in [0.2, 0.25) is 0 Å². The molecule has 0 aromatic carbocycles. The fraction of sp³-hybridized carbons (Fsp3) is 0.875. The summed E-state index contributed by atoms with van der Waals surface area (Å²) < 4.78 is 36.7. The molecule has 0 spiro atoms. The lowest BCUT2D eigenvalue weighted by Gasteiger charge is -2.31. The van der Waals surface area contributed by atoms with Crippen molar-refractivity contribution in [2.75, 3.05) is 19.6 Å². The number of likely N-dealkylation sites (tertiary alicyclic amines) is 1. The third-order valence-corrected chi connectivity index (χ3v) is 2.74. The maximum absolute atomic E-state index is 12.2. The Morgan fingerprint density at radius 3 is 2.21 bits per heavy atom. The van der Waals surface area contributed by atoms with Gasteiger partial charge in [0.25, 0.3) is 0 Å². The van der Waals surface area contributed by atoms with Gasteiger partial charge in [-0.1, -0.05) is 0 Å². The highest BCUT2D eigenvalue weighted by Gasteiger charge is 2.41. The van der Waals surface area contributed by atoms with E-state index in [4.69, 9.17) is 0 Å². The van der Waals surface area contributed by atoms with Gasteiger partial charge in [0, 0.05) is 22.6 Å². The van der Waals surface area contributed by atoms with Gasteiger partial charge in [0.05, 0.1) is 12.5 Å². The SMILES string of the molecule is O=C(I)CN1CCC(C(F)(F)F)CC1. The minimum Gasteiger partial charge on any atom is -0.295 e. The Labute approximate surface area is 94.0 Å². The molecule has 0 radical (unpaired) electrons. The molecule has 1 saturated heterocycles. The Balaban J connectivity index is 2.35. The molecule has 1 rings (SSSR count). The fourth-order valence-electron chi connectivity index (χ4n) is 1.59. The monoisotopic (exact) mass is 321 g/mol. The zero-order valence-electron chi connectivity index (χ0n) is 7.48. The minimum atomic E-state index is -4.07. The van der Waals surface area contributed by atoms with Gasteiger partial charge in [-0.2, -0.15) is 13.2 Å². The molecule has 0 atom stereocenters. The molecule has 1 fully saturated rings.